The maximum Gasteiger partial charge on any atom is 0.338 e. The minimum Gasteiger partial charge on any atom is -0.466 e. The third kappa shape index (κ3) is 7.48. The second-order valence-electron chi connectivity index (χ2n) is 2.45. The highest BCUT2D eigenvalue weighted by Crippen LogP contribution is 1.88. The smallest absolute Gasteiger partial charge is 0.338 e. The van der Waals surface area contributed by atoms with Crippen LogP contribution in [0.2, 0.25) is 0 Å². The molecule has 0 N–H and O–H groups in total. The van der Waals surface area contributed by atoms with Gasteiger partial charge in [0.25, 0.3) is 0 Å². The van der Waals surface area contributed by atoms with Crippen molar-refractivity contribution in [3.63, 3.8) is 0 Å². The van der Waals surface area contributed by atoms with Crippen LogP contribution in [0, 0.1) is 0 Å². The molecule has 17 heavy (non-hydrogen) atoms. The molecular weight excluding hydrogens is 232 g/mol. The van der Waals surface area contributed by atoms with Crippen molar-refractivity contribution in [2.75, 3.05) is 14.2 Å². The van der Waals surface area contributed by atoms with Gasteiger partial charge in [-0.1, -0.05) is 0 Å². The second-order valence-corrected chi connectivity index (χ2v) is 2.45. The first-order valence-corrected chi connectivity index (χ1v) is 4.27. The van der Waals surface area contributed by atoms with E-state index in [1.54, 1.807) is 0 Å². The first-order chi connectivity index (χ1) is 7.99. The van der Waals surface area contributed by atoms with Gasteiger partial charge in [0.2, 0.25) is 0 Å². The van der Waals surface area contributed by atoms with E-state index in [9.17, 15) is 19.2 Å². The van der Waals surface area contributed by atoms with E-state index >= 15 is 0 Å². The monoisotopic (exact) mass is 242 g/mol. The highest BCUT2D eigenvalue weighted by molar-refractivity contribution is 6.00. The van der Waals surface area contributed by atoms with Crippen molar-refractivity contribution in [2.45, 2.75) is 0 Å². The molecule has 0 bridgehead atoms. The van der Waals surface area contributed by atoms with E-state index in [1.165, 1.54) is 0 Å². The summed E-state index contributed by atoms with van der Waals surface area (Å²) in [6.07, 6.45) is 3.02. The summed E-state index contributed by atoms with van der Waals surface area (Å²) in [7, 11) is 2.25. The number of hydrogen-bond donors (Lipinski definition) is 0. The molecule has 0 atom stereocenters. The zero-order valence-electron chi connectivity index (χ0n) is 9.17. The van der Waals surface area contributed by atoms with Crippen molar-refractivity contribution in [3.8, 4) is 0 Å². The van der Waals surface area contributed by atoms with Gasteiger partial charge >= 0.3 is 23.9 Å². The molecule has 0 heterocycles. The maximum atomic E-state index is 10.9. The van der Waals surface area contributed by atoms with E-state index in [4.69, 9.17) is 0 Å². The molecule has 0 rings (SSSR count). The van der Waals surface area contributed by atoms with E-state index in [2.05, 4.69) is 14.2 Å². The third-order valence-electron chi connectivity index (χ3n) is 1.31. The average Bonchev–Trinajstić information content (AvgIpc) is 2.32. The standard InChI is InChI=1S/C10H10O7/c1-15-7(11)3-5-9(13)17-10(14)6-4-8(12)16-2/h3-6H,1-2H3/b5-3-,6-4-. The number of rotatable bonds is 4. The van der Waals surface area contributed by atoms with Crippen molar-refractivity contribution in [2.24, 2.45) is 0 Å². The molecule has 0 saturated carbocycles. The van der Waals surface area contributed by atoms with Gasteiger partial charge in [0.1, 0.15) is 0 Å². The molecule has 0 fully saturated rings. The lowest BCUT2D eigenvalue weighted by Gasteiger charge is -1.94. The first kappa shape index (κ1) is 14.6. The van der Waals surface area contributed by atoms with Gasteiger partial charge in [-0.15, -0.1) is 0 Å². The number of ether oxygens (including phenoxy) is 3. The molecule has 0 aromatic heterocycles. The summed E-state index contributed by atoms with van der Waals surface area (Å²) in [6, 6.07) is 0. The van der Waals surface area contributed by atoms with Crippen LogP contribution in [-0.2, 0) is 33.4 Å². The van der Waals surface area contributed by atoms with Crippen LogP contribution in [0.5, 0.6) is 0 Å². The van der Waals surface area contributed by atoms with Crippen molar-refractivity contribution in [1.29, 1.82) is 0 Å². The Hall–Kier alpha value is -2.44. The van der Waals surface area contributed by atoms with Crippen LogP contribution in [0.25, 0.3) is 0 Å². The molecule has 0 unspecified atom stereocenters. The van der Waals surface area contributed by atoms with Gasteiger partial charge in [0.15, 0.2) is 0 Å². The summed E-state index contributed by atoms with van der Waals surface area (Å²) in [5, 5.41) is 0. The molecule has 0 radical (unpaired) electrons. The van der Waals surface area contributed by atoms with E-state index in [1.807, 2.05) is 0 Å². The van der Waals surface area contributed by atoms with Crippen molar-refractivity contribution >= 4 is 23.9 Å². The van der Waals surface area contributed by atoms with E-state index in [0.29, 0.717) is 0 Å². The number of hydrogen-bond acceptors (Lipinski definition) is 7. The van der Waals surface area contributed by atoms with Gasteiger partial charge in [0.05, 0.1) is 14.2 Å². The van der Waals surface area contributed by atoms with Gasteiger partial charge in [0, 0.05) is 24.3 Å². The van der Waals surface area contributed by atoms with Gasteiger partial charge in [-0.25, -0.2) is 19.2 Å². The lowest BCUT2D eigenvalue weighted by molar-refractivity contribution is -0.153. The van der Waals surface area contributed by atoms with Crippen molar-refractivity contribution in [1.82, 2.24) is 0 Å². The minimum absolute atomic E-state index is 0.718. The van der Waals surface area contributed by atoms with Crippen LogP contribution in [-0.4, -0.2) is 38.1 Å². The fourth-order valence-corrected chi connectivity index (χ4v) is 0.575. The quantitative estimate of drug-likeness (QED) is 0.284. The number of carbonyl (C=O) groups is 4. The summed E-state index contributed by atoms with van der Waals surface area (Å²) in [5.41, 5.74) is 0. The van der Waals surface area contributed by atoms with E-state index in [0.717, 1.165) is 38.5 Å². The molecule has 0 spiro atoms. The zero-order chi connectivity index (χ0) is 13.3. The molecule has 0 aliphatic carbocycles. The summed E-state index contributed by atoms with van der Waals surface area (Å²) >= 11 is 0. The van der Waals surface area contributed by atoms with Gasteiger partial charge in [-0.05, 0) is 0 Å². The number of esters is 4. The Morgan fingerprint density at radius 3 is 1.24 bits per heavy atom. The zero-order valence-corrected chi connectivity index (χ0v) is 9.17. The Morgan fingerprint density at radius 2 is 0.941 bits per heavy atom. The van der Waals surface area contributed by atoms with Gasteiger partial charge in [-0.2, -0.15) is 0 Å². The number of methoxy groups -OCH3 is 2. The minimum atomic E-state index is -1.06. The average molecular weight is 242 g/mol. The van der Waals surface area contributed by atoms with Crippen LogP contribution in [0.1, 0.15) is 0 Å². The van der Waals surface area contributed by atoms with Crippen molar-refractivity contribution in [3.05, 3.63) is 24.3 Å². The first-order valence-electron chi connectivity index (χ1n) is 4.27. The Bertz CT molecular complexity index is 342. The Kier molecular flexibility index (Phi) is 6.68. The largest absolute Gasteiger partial charge is 0.466 e. The second kappa shape index (κ2) is 7.80. The molecule has 0 saturated heterocycles. The molecule has 0 aliphatic heterocycles. The summed E-state index contributed by atoms with van der Waals surface area (Å²) < 4.78 is 12.6. The third-order valence-corrected chi connectivity index (χ3v) is 1.31. The molecule has 0 aliphatic rings. The van der Waals surface area contributed by atoms with Gasteiger partial charge in [-0.3, -0.25) is 0 Å². The number of carbonyl (C=O) groups excluding carboxylic acids is 4. The fourth-order valence-electron chi connectivity index (χ4n) is 0.575. The highest BCUT2D eigenvalue weighted by Gasteiger charge is 2.05. The normalized spacial score (nSPS) is 10.2. The van der Waals surface area contributed by atoms with E-state index in [-0.39, 0.29) is 0 Å². The molecule has 7 nitrogen and oxygen atoms in total. The summed E-state index contributed by atoms with van der Waals surface area (Å²) in [6.45, 7) is 0. The Morgan fingerprint density at radius 1 is 0.647 bits per heavy atom. The lowest BCUT2D eigenvalue weighted by atomic mass is 10.5. The Balaban J connectivity index is 4.18. The topological polar surface area (TPSA) is 96.0 Å². The predicted octanol–water partition coefficient (Wildman–Crippen LogP) is -0.485. The van der Waals surface area contributed by atoms with Crippen LogP contribution >= 0.6 is 0 Å². The molecule has 0 aromatic rings. The van der Waals surface area contributed by atoms with Crippen molar-refractivity contribution < 1.29 is 33.4 Å². The summed E-state index contributed by atoms with van der Waals surface area (Å²) in [5.74, 6) is -3.65. The molecular formula is C10H10O7. The Labute approximate surface area is 96.6 Å². The molecule has 7 heteroatoms. The van der Waals surface area contributed by atoms with E-state index < -0.39 is 23.9 Å². The van der Waals surface area contributed by atoms with Crippen LogP contribution < -0.4 is 0 Å². The SMILES string of the molecule is COC(=O)/C=C\C(=O)OC(=O)/C=C\C(=O)OC. The molecule has 0 aromatic carbocycles. The summed E-state index contributed by atoms with van der Waals surface area (Å²) in [4.78, 5) is 43.0. The molecule has 92 valence electrons. The predicted molar refractivity (Wildman–Crippen MR) is 53.4 cm³/mol. The van der Waals surface area contributed by atoms with Crippen LogP contribution in [0.15, 0.2) is 24.3 Å². The van der Waals surface area contributed by atoms with Crippen LogP contribution in [0.4, 0.5) is 0 Å². The maximum absolute atomic E-state index is 10.9. The van der Waals surface area contributed by atoms with Gasteiger partial charge < -0.3 is 14.2 Å². The molecule has 0 amide bonds. The fraction of sp³-hybridized carbons (Fsp3) is 0.200. The highest BCUT2D eigenvalue weighted by atomic mass is 16.6. The lowest BCUT2D eigenvalue weighted by Crippen LogP contribution is -2.09. The van der Waals surface area contributed by atoms with Crippen LogP contribution in [0.3, 0.4) is 0 Å².